The highest BCUT2D eigenvalue weighted by atomic mass is 35.5. The Kier molecular flexibility index (Phi) is 6.65. The SMILES string of the molecule is COc1ccc(Cl)cc1S(=O)(=O)N1CCC(C(=O)NC2CCCCC2)CC1. The number of methoxy groups -OCH3 is 1. The summed E-state index contributed by atoms with van der Waals surface area (Å²) in [6.07, 6.45) is 6.74. The Hall–Kier alpha value is -1.31. The first kappa shape index (κ1) is 20.4. The van der Waals surface area contributed by atoms with Gasteiger partial charge in [0.2, 0.25) is 15.9 Å². The number of benzene rings is 1. The molecule has 1 aliphatic carbocycles. The molecule has 1 aromatic rings. The Bertz CT molecular complexity index is 770. The van der Waals surface area contributed by atoms with Crippen molar-refractivity contribution in [1.29, 1.82) is 0 Å². The van der Waals surface area contributed by atoms with E-state index in [4.69, 9.17) is 16.3 Å². The first-order valence-electron chi connectivity index (χ1n) is 9.56. The second kappa shape index (κ2) is 8.80. The number of piperidine rings is 1. The van der Waals surface area contributed by atoms with Crippen LogP contribution < -0.4 is 10.1 Å². The van der Waals surface area contributed by atoms with Crippen LogP contribution in [-0.2, 0) is 14.8 Å². The number of carbonyl (C=O) groups is 1. The van der Waals surface area contributed by atoms with Crippen molar-refractivity contribution >= 4 is 27.5 Å². The number of ether oxygens (including phenoxy) is 1. The number of rotatable bonds is 5. The van der Waals surface area contributed by atoms with Crippen LogP contribution in [0.3, 0.4) is 0 Å². The van der Waals surface area contributed by atoms with E-state index in [1.165, 1.54) is 36.7 Å². The molecule has 8 heteroatoms. The lowest BCUT2D eigenvalue weighted by Crippen LogP contribution is -2.45. The predicted molar refractivity (Wildman–Crippen MR) is 105 cm³/mol. The average molecular weight is 415 g/mol. The maximum Gasteiger partial charge on any atom is 0.246 e. The molecule has 0 atom stereocenters. The van der Waals surface area contributed by atoms with Crippen LogP contribution in [0.15, 0.2) is 23.1 Å². The largest absolute Gasteiger partial charge is 0.495 e. The van der Waals surface area contributed by atoms with Gasteiger partial charge in [0.15, 0.2) is 0 Å². The minimum absolute atomic E-state index is 0.0688. The van der Waals surface area contributed by atoms with E-state index in [0.29, 0.717) is 31.0 Å². The van der Waals surface area contributed by atoms with Gasteiger partial charge in [-0.25, -0.2) is 8.42 Å². The highest BCUT2D eigenvalue weighted by Gasteiger charge is 2.34. The van der Waals surface area contributed by atoms with Crippen LogP contribution in [-0.4, -0.2) is 44.9 Å². The predicted octanol–water partition coefficient (Wildman–Crippen LogP) is 3.20. The molecule has 1 aromatic carbocycles. The van der Waals surface area contributed by atoms with Crippen molar-refractivity contribution in [3.63, 3.8) is 0 Å². The summed E-state index contributed by atoms with van der Waals surface area (Å²) in [5, 5.41) is 3.50. The second-order valence-electron chi connectivity index (χ2n) is 7.32. The third kappa shape index (κ3) is 4.76. The molecular formula is C19H27ClN2O4S. The van der Waals surface area contributed by atoms with Gasteiger partial charge in [0.05, 0.1) is 7.11 Å². The van der Waals surface area contributed by atoms with Gasteiger partial charge in [0.25, 0.3) is 0 Å². The summed E-state index contributed by atoms with van der Waals surface area (Å²) in [4.78, 5) is 12.6. The maximum atomic E-state index is 13.0. The van der Waals surface area contributed by atoms with Gasteiger partial charge in [-0.05, 0) is 43.9 Å². The summed E-state index contributed by atoms with van der Waals surface area (Å²) in [7, 11) is -2.28. The topological polar surface area (TPSA) is 75.7 Å². The summed E-state index contributed by atoms with van der Waals surface area (Å²) in [6, 6.07) is 4.85. The monoisotopic (exact) mass is 414 g/mol. The van der Waals surface area contributed by atoms with Gasteiger partial charge in [0.1, 0.15) is 10.6 Å². The zero-order valence-corrected chi connectivity index (χ0v) is 17.2. The molecule has 2 aliphatic rings. The summed E-state index contributed by atoms with van der Waals surface area (Å²) in [5.41, 5.74) is 0. The number of hydrogen-bond donors (Lipinski definition) is 1. The van der Waals surface area contributed by atoms with Gasteiger partial charge in [-0.2, -0.15) is 4.31 Å². The van der Waals surface area contributed by atoms with Crippen molar-refractivity contribution < 1.29 is 17.9 Å². The molecular weight excluding hydrogens is 388 g/mol. The molecule has 27 heavy (non-hydrogen) atoms. The molecule has 150 valence electrons. The molecule has 1 N–H and O–H groups in total. The zero-order valence-electron chi connectivity index (χ0n) is 15.6. The number of amides is 1. The third-order valence-corrected chi connectivity index (χ3v) is 7.67. The number of carbonyl (C=O) groups excluding carboxylic acids is 1. The van der Waals surface area contributed by atoms with E-state index in [1.807, 2.05) is 0 Å². The Morgan fingerprint density at radius 2 is 1.81 bits per heavy atom. The van der Waals surface area contributed by atoms with Crippen molar-refractivity contribution in [1.82, 2.24) is 9.62 Å². The highest BCUT2D eigenvalue weighted by Crippen LogP contribution is 2.32. The van der Waals surface area contributed by atoms with Crippen molar-refractivity contribution in [2.45, 2.75) is 55.9 Å². The van der Waals surface area contributed by atoms with Gasteiger partial charge in [-0.15, -0.1) is 0 Å². The van der Waals surface area contributed by atoms with Gasteiger partial charge in [-0.3, -0.25) is 4.79 Å². The van der Waals surface area contributed by atoms with Crippen LogP contribution in [0.5, 0.6) is 5.75 Å². The minimum Gasteiger partial charge on any atom is -0.495 e. The average Bonchev–Trinajstić information content (AvgIpc) is 2.69. The lowest BCUT2D eigenvalue weighted by Gasteiger charge is -2.32. The first-order valence-corrected chi connectivity index (χ1v) is 11.4. The molecule has 1 saturated heterocycles. The smallest absolute Gasteiger partial charge is 0.246 e. The van der Waals surface area contributed by atoms with Crippen LogP contribution in [0.4, 0.5) is 0 Å². The molecule has 2 fully saturated rings. The second-order valence-corrected chi connectivity index (χ2v) is 9.66. The molecule has 3 rings (SSSR count). The summed E-state index contributed by atoms with van der Waals surface area (Å²) >= 11 is 5.98. The number of hydrogen-bond acceptors (Lipinski definition) is 4. The first-order chi connectivity index (χ1) is 12.9. The lowest BCUT2D eigenvalue weighted by atomic mass is 9.93. The standard InChI is InChI=1S/C19H27ClN2O4S/c1-26-17-8-7-15(20)13-18(17)27(24,25)22-11-9-14(10-12-22)19(23)21-16-5-3-2-4-6-16/h7-8,13-14,16H,2-6,9-12H2,1H3,(H,21,23). The minimum atomic E-state index is -3.71. The fourth-order valence-corrected chi connectivity index (χ4v) is 5.80. The fourth-order valence-electron chi connectivity index (χ4n) is 3.92. The molecule has 6 nitrogen and oxygen atoms in total. The van der Waals surface area contributed by atoms with Crippen molar-refractivity contribution in [3.05, 3.63) is 23.2 Å². The molecule has 1 aliphatic heterocycles. The number of nitrogens with zero attached hydrogens (tertiary/aromatic N) is 1. The van der Waals surface area contributed by atoms with Crippen LogP contribution in [0, 0.1) is 5.92 Å². The number of sulfonamides is 1. The quantitative estimate of drug-likeness (QED) is 0.802. The summed E-state index contributed by atoms with van der Waals surface area (Å²) in [6.45, 7) is 0.640. The van der Waals surface area contributed by atoms with Crippen LogP contribution in [0.2, 0.25) is 5.02 Å². The molecule has 1 amide bonds. The van der Waals surface area contributed by atoms with Crippen LogP contribution in [0.1, 0.15) is 44.9 Å². The Balaban J connectivity index is 1.63. The lowest BCUT2D eigenvalue weighted by molar-refractivity contribution is -0.127. The van der Waals surface area contributed by atoms with E-state index in [0.717, 1.165) is 12.8 Å². The molecule has 1 heterocycles. The van der Waals surface area contributed by atoms with Crippen LogP contribution in [0.25, 0.3) is 0 Å². The fraction of sp³-hybridized carbons (Fsp3) is 0.632. The third-order valence-electron chi connectivity index (χ3n) is 5.52. The summed E-state index contributed by atoms with van der Waals surface area (Å²) < 4.78 is 32.6. The normalized spacial score (nSPS) is 20.4. The van der Waals surface area contributed by atoms with E-state index < -0.39 is 10.0 Å². The Morgan fingerprint density at radius 3 is 2.44 bits per heavy atom. The van der Waals surface area contributed by atoms with E-state index in [9.17, 15) is 13.2 Å². The Morgan fingerprint density at radius 1 is 1.15 bits per heavy atom. The van der Waals surface area contributed by atoms with Crippen molar-refractivity contribution in [3.8, 4) is 5.75 Å². The van der Waals surface area contributed by atoms with E-state index in [1.54, 1.807) is 12.1 Å². The van der Waals surface area contributed by atoms with Crippen LogP contribution >= 0.6 is 11.6 Å². The van der Waals surface area contributed by atoms with Gasteiger partial charge < -0.3 is 10.1 Å². The van der Waals surface area contributed by atoms with Gasteiger partial charge in [0, 0.05) is 30.1 Å². The molecule has 0 aromatic heterocycles. The van der Waals surface area contributed by atoms with Crippen molar-refractivity contribution in [2.24, 2.45) is 5.92 Å². The molecule has 0 radical (unpaired) electrons. The van der Waals surface area contributed by atoms with Crippen molar-refractivity contribution in [2.75, 3.05) is 20.2 Å². The van der Waals surface area contributed by atoms with Gasteiger partial charge >= 0.3 is 0 Å². The van der Waals surface area contributed by atoms with Gasteiger partial charge in [-0.1, -0.05) is 30.9 Å². The number of nitrogens with one attached hydrogen (secondary N) is 1. The maximum absolute atomic E-state index is 13.0. The zero-order chi connectivity index (χ0) is 19.4. The Labute approximate surface area is 166 Å². The highest BCUT2D eigenvalue weighted by molar-refractivity contribution is 7.89. The van der Waals surface area contributed by atoms with E-state index >= 15 is 0 Å². The molecule has 0 bridgehead atoms. The molecule has 0 unspecified atom stereocenters. The van der Waals surface area contributed by atoms with E-state index in [2.05, 4.69) is 5.32 Å². The molecule has 1 saturated carbocycles. The number of halogens is 1. The summed E-state index contributed by atoms with van der Waals surface area (Å²) in [5.74, 6) is 0.218. The van der Waals surface area contributed by atoms with E-state index in [-0.39, 0.29) is 28.5 Å². The molecule has 0 spiro atoms.